The molecule has 128 valence electrons. The van der Waals surface area contributed by atoms with Gasteiger partial charge in [0.15, 0.2) is 5.96 Å². The van der Waals surface area contributed by atoms with Crippen LogP contribution in [0.5, 0.6) is 0 Å². The Kier molecular flexibility index (Phi) is 12.3. The average molecular weight is 422 g/mol. The van der Waals surface area contributed by atoms with Crippen LogP contribution >= 0.6 is 24.0 Å². The van der Waals surface area contributed by atoms with E-state index >= 15 is 0 Å². The molecule has 1 aliphatic carbocycles. The molecular weight excluding hydrogens is 391 g/mol. The third-order valence-corrected chi connectivity index (χ3v) is 3.54. The van der Waals surface area contributed by atoms with Gasteiger partial charge in [-0.3, -0.25) is 4.79 Å². The highest BCUT2D eigenvalue weighted by Gasteiger charge is 2.06. The Labute approximate surface area is 152 Å². The number of carbonyl (C=O) groups is 1. The average Bonchev–Trinajstić information content (AvgIpc) is 2.50. The molecule has 0 aromatic rings. The largest absolute Gasteiger partial charge is 0.356 e. The first-order valence-corrected chi connectivity index (χ1v) is 8.03. The molecule has 6 heteroatoms. The zero-order chi connectivity index (χ0) is 15.5. The number of halogens is 1. The molecule has 0 bridgehead atoms. The first kappa shape index (κ1) is 21.2. The number of carbonyl (C=O) groups excluding carboxylic acids is 1. The molecule has 0 spiro atoms. The van der Waals surface area contributed by atoms with E-state index in [9.17, 15) is 4.79 Å². The summed E-state index contributed by atoms with van der Waals surface area (Å²) in [6.45, 7) is 4.04. The van der Waals surface area contributed by atoms with Gasteiger partial charge in [-0.1, -0.05) is 18.6 Å². The monoisotopic (exact) mass is 422 g/mol. The molecule has 0 unspecified atom stereocenters. The number of guanidine groups is 1. The second-order valence-electron chi connectivity index (χ2n) is 5.66. The van der Waals surface area contributed by atoms with Crippen LogP contribution < -0.4 is 10.6 Å². The smallest absolute Gasteiger partial charge is 0.243 e. The second kappa shape index (κ2) is 12.7. The number of hydrogen-bond donors (Lipinski definition) is 2. The normalized spacial score (nSPS) is 14.7. The van der Waals surface area contributed by atoms with Crippen LogP contribution in [0, 0.1) is 0 Å². The van der Waals surface area contributed by atoms with Gasteiger partial charge in [-0.2, -0.15) is 0 Å². The number of allylic oxidation sites excluding steroid dienone is 1. The van der Waals surface area contributed by atoms with E-state index < -0.39 is 0 Å². The lowest BCUT2D eigenvalue weighted by molar-refractivity contribution is -0.127. The number of amides is 1. The summed E-state index contributed by atoms with van der Waals surface area (Å²) in [5.41, 5.74) is 1.55. The lowest BCUT2D eigenvalue weighted by atomic mass is 9.97. The Hall–Kier alpha value is -0.790. The van der Waals surface area contributed by atoms with Crippen molar-refractivity contribution in [3.8, 4) is 0 Å². The molecule has 0 aliphatic heterocycles. The van der Waals surface area contributed by atoms with Gasteiger partial charge in [0.2, 0.25) is 5.91 Å². The molecule has 0 fully saturated rings. The molecule has 0 radical (unpaired) electrons. The molecule has 1 rings (SSSR count). The summed E-state index contributed by atoms with van der Waals surface area (Å²) in [6, 6.07) is 0. The van der Waals surface area contributed by atoms with Gasteiger partial charge in [-0.25, -0.2) is 4.99 Å². The number of likely N-dealkylation sites (N-methyl/N-ethyl adjacent to an activating group) is 1. The third kappa shape index (κ3) is 9.27. The minimum absolute atomic E-state index is 0. The number of nitrogens with one attached hydrogen (secondary N) is 2. The van der Waals surface area contributed by atoms with Gasteiger partial charge in [0.1, 0.15) is 6.54 Å². The lowest BCUT2D eigenvalue weighted by Gasteiger charge is -2.15. The van der Waals surface area contributed by atoms with E-state index in [4.69, 9.17) is 0 Å². The molecule has 5 nitrogen and oxygen atoms in total. The molecular formula is C16H31IN4O. The molecule has 1 amide bonds. The van der Waals surface area contributed by atoms with Crippen LogP contribution in [0.15, 0.2) is 16.6 Å². The van der Waals surface area contributed by atoms with Crippen LogP contribution in [0.3, 0.4) is 0 Å². The number of hydrogen-bond acceptors (Lipinski definition) is 2. The zero-order valence-electron chi connectivity index (χ0n) is 14.2. The minimum Gasteiger partial charge on any atom is -0.356 e. The maximum absolute atomic E-state index is 11.6. The second-order valence-corrected chi connectivity index (χ2v) is 5.66. The van der Waals surface area contributed by atoms with E-state index in [2.05, 4.69) is 28.6 Å². The van der Waals surface area contributed by atoms with Crippen LogP contribution in [0.25, 0.3) is 0 Å². The predicted molar refractivity (Wildman–Crippen MR) is 104 cm³/mol. The maximum atomic E-state index is 11.6. The topological polar surface area (TPSA) is 56.7 Å². The molecule has 22 heavy (non-hydrogen) atoms. The van der Waals surface area contributed by atoms with Crippen LogP contribution in [0.1, 0.15) is 45.4 Å². The number of aliphatic imine (C=N–C) groups is 1. The van der Waals surface area contributed by atoms with Gasteiger partial charge in [-0.05, 0) is 38.5 Å². The number of nitrogens with zero attached hydrogens (tertiary/aromatic N) is 2. The fourth-order valence-corrected chi connectivity index (χ4v) is 2.18. The summed E-state index contributed by atoms with van der Waals surface area (Å²) in [5, 5.41) is 6.57. The van der Waals surface area contributed by atoms with Crippen molar-refractivity contribution in [1.29, 1.82) is 0 Å². The maximum Gasteiger partial charge on any atom is 0.243 e. The van der Waals surface area contributed by atoms with Crippen molar-refractivity contribution in [3.05, 3.63) is 11.6 Å². The van der Waals surface area contributed by atoms with Crippen molar-refractivity contribution >= 4 is 35.8 Å². The Bertz CT molecular complexity index is 380. The molecule has 0 saturated carbocycles. The van der Waals surface area contributed by atoms with Gasteiger partial charge in [-0.15, -0.1) is 24.0 Å². The van der Waals surface area contributed by atoms with Crippen LogP contribution in [-0.4, -0.2) is 50.5 Å². The molecule has 0 aromatic carbocycles. The van der Waals surface area contributed by atoms with E-state index in [1.807, 2.05) is 0 Å². The summed E-state index contributed by atoms with van der Waals surface area (Å²) in [7, 11) is 3.50. The summed E-state index contributed by atoms with van der Waals surface area (Å²) in [4.78, 5) is 17.5. The number of rotatable bonds is 7. The van der Waals surface area contributed by atoms with E-state index in [-0.39, 0.29) is 36.4 Å². The molecule has 0 heterocycles. The lowest BCUT2D eigenvalue weighted by Crippen LogP contribution is -2.39. The van der Waals surface area contributed by atoms with Gasteiger partial charge in [0.25, 0.3) is 0 Å². The summed E-state index contributed by atoms with van der Waals surface area (Å²) < 4.78 is 0. The van der Waals surface area contributed by atoms with E-state index in [0.29, 0.717) is 0 Å². The molecule has 0 aromatic heterocycles. The van der Waals surface area contributed by atoms with Crippen molar-refractivity contribution in [2.75, 3.05) is 33.7 Å². The Morgan fingerprint density at radius 3 is 2.59 bits per heavy atom. The molecule has 1 aliphatic rings. The SMILES string of the molecule is CCCNC(=NCC(=O)N(C)C)NCCC1=CCCCC1.I. The van der Waals surface area contributed by atoms with Crippen molar-refractivity contribution in [2.24, 2.45) is 4.99 Å². The Morgan fingerprint density at radius 2 is 2.00 bits per heavy atom. The van der Waals surface area contributed by atoms with Gasteiger partial charge >= 0.3 is 0 Å². The summed E-state index contributed by atoms with van der Waals surface area (Å²) >= 11 is 0. The first-order chi connectivity index (χ1) is 10.1. The van der Waals surface area contributed by atoms with E-state index in [0.717, 1.165) is 31.9 Å². The first-order valence-electron chi connectivity index (χ1n) is 8.03. The van der Waals surface area contributed by atoms with E-state index in [1.54, 1.807) is 24.6 Å². The van der Waals surface area contributed by atoms with E-state index in [1.165, 1.54) is 25.7 Å². The van der Waals surface area contributed by atoms with Crippen molar-refractivity contribution < 1.29 is 4.79 Å². The van der Waals surface area contributed by atoms with Gasteiger partial charge in [0, 0.05) is 27.2 Å². The Morgan fingerprint density at radius 1 is 1.27 bits per heavy atom. The van der Waals surface area contributed by atoms with Gasteiger partial charge < -0.3 is 15.5 Å². The predicted octanol–water partition coefficient (Wildman–Crippen LogP) is 2.53. The quantitative estimate of drug-likeness (QED) is 0.287. The standard InChI is InChI=1S/C16H30N4O.HI/c1-4-11-17-16(19-13-15(21)20(2)3)18-12-10-14-8-6-5-7-9-14;/h8H,4-7,9-13H2,1-3H3,(H2,17,18,19);1H. The highest BCUT2D eigenvalue weighted by molar-refractivity contribution is 14.0. The van der Waals surface area contributed by atoms with Crippen LogP contribution in [0.2, 0.25) is 0 Å². The van der Waals surface area contributed by atoms with Crippen molar-refractivity contribution in [3.63, 3.8) is 0 Å². The highest BCUT2D eigenvalue weighted by Crippen LogP contribution is 2.19. The summed E-state index contributed by atoms with van der Waals surface area (Å²) in [6.07, 6.45) is 9.57. The third-order valence-electron chi connectivity index (χ3n) is 3.54. The highest BCUT2D eigenvalue weighted by atomic mass is 127. The van der Waals surface area contributed by atoms with Crippen molar-refractivity contribution in [1.82, 2.24) is 15.5 Å². The zero-order valence-corrected chi connectivity index (χ0v) is 16.5. The van der Waals surface area contributed by atoms with Crippen LogP contribution in [0.4, 0.5) is 0 Å². The fraction of sp³-hybridized carbons (Fsp3) is 0.750. The fourth-order valence-electron chi connectivity index (χ4n) is 2.18. The summed E-state index contributed by atoms with van der Waals surface area (Å²) in [5.74, 6) is 0.756. The van der Waals surface area contributed by atoms with Crippen molar-refractivity contribution in [2.45, 2.75) is 45.4 Å². The van der Waals surface area contributed by atoms with Crippen LogP contribution in [-0.2, 0) is 4.79 Å². The van der Waals surface area contributed by atoms with Gasteiger partial charge in [0.05, 0.1) is 0 Å². The molecule has 0 saturated heterocycles. The molecule has 0 atom stereocenters. The Balaban J connectivity index is 0.00000441. The molecule has 2 N–H and O–H groups in total. The minimum atomic E-state index is 0.